The van der Waals surface area contributed by atoms with E-state index in [4.69, 9.17) is 4.74 Å². The molecule has 3 aromatic rings. The number of nitrogens with one attached hydrogen (secondary N) is 1. The number of aryl methyl sites for hydroxylation is 2. The van der Waals surface area contributed by atoms with Crippen molar-refractivity contribution in [1.29, 1.82) is 0 Å². The number of rotatable bonds is 5. The van der Waals surface area contributed by atoms with Crippen LogP contribution in [0.5, 0.6) is 5.75 Å². The van der Waals surface area contributed by atoms with Crippen LogP contribution in [0.25, 0.3) is 5.69 Å². The normalized spacial score (nSPS) is 10.7. The summed E-state index contributed by atoms with van der Waals surface area (Å²) >= 11 is 3.25. The summed E-state index contributed by atoms with van der Waals surface area (Å²) in [5, 5.41) is 2.57. The molecular formula is C22H19BrF2N2O3. The number of hydrogen-bond acceptors (Lipinski definition) is 3. The van der Waals surface area contributed by atoms with E-state index in [1.165, 1.54) is 17.7 Å². The summed E-state index contributed by atoms with van der Waals surface area (Å²) in [6.45, 7) is 3.39. The zero-order chi connectivity index (χ0) is 22.0. The van der Waals surface area contributed by atoms with E-state index in [0.29, 0.717) is 16.9 Å². The molecule has 1 N–H and O–H groups in total. The Hall–Kier alpha value is -3.00. The summed E-state index contributed by atoms with van der Waals surface area (Å²) in [7, 11) is 1.52. The van der Waals surface area contributed by atoms with Crippen molar-refractivity contribution in [2.24, 2.45) is 0 Å². The van der Waals surface area contributed by atoms with Gasteiger partial charge < -0.3 is 10.1 Å². The van der Waals surface area contributed by atoms with E-state index < -0.39 is 17.2 Å². The van der Waals surface area contributed by atoms with Gasteiger partial charge in [0.2, 0.25) is 0 Å². The topological polar surface area (TPSA) is 60.3 Å². The minimum absolute atomic E-state index is 0.125. The number of hydrogen-bond donors (Lipinski definition) is 1. The summed E-state index contributed by atoms with van der Waals surface area (Å²) in [4.78, 5) is 25.4. The highest BCUT2D eigenvalue weighted by atomic mass is 79.9. The van der Waals surface area contributed by atoms with Crippen molar-refractivity contribution in [3.63, 3.8) is 0 Å². The van der Waals surface area contributed by atoms with Gasteiger partial charge in [0.05, 0.1) is 11.3 Å². The number of halogens is 3. The summed E-state index contributed by atoms with van der Waals surface area (Å²) in [5.74, 6) is -1.52. The molecule has 0 unspecified atom stereocenters. The Kier molecular flexibility index (Phi) is 6.36. The zero-order valence-corrected chi connectivity index (χ0v) is 18.1. The second-order valence-corrected chi connectivity index (χ2v) is 7.52. The van der Waals surface area contributed by atoms with Crippen LogP contribution in [0.15, 0.2) is 51.7 Å². The second-order valence-electron chi connectivity index (χ2n) is 6.73. The zero-order valence-electron chi connectivity index (χ0n) is 16.6. The standard InChI is InChI=1S/C22H19BrF2N2O3/c1-12-4-7-16(21(28)26-3)18(8-12)27-13(2)9-19(20(23)22(27)29)30-11-14-5-6-15(24)10-17(14)25/h4-10H,11H2,1-3H3,(H,26,28). The Balaban J connectivity index is 2.03. The van der Waals surface area contributed by atoms with Crippen LogP contribution in [0, 0.1) is 25.5 Å². The maximum Gasteiger partial charge on any atom is 0.273 e. The van der Waals surface area contributed by atoms with E-state index >= 15 is 0 Å². The third kappa shape index (κ3) is 4.28. The van der Waals surface area contributed by atoms with E-state index in [9.17, 15) is 18.4 Å². The Bertz CT molecular complexity index is 1190. The van der Waals surface area contributed by atoms with E-state index in [-0.39, 0.29) is 28.3 Å². The first-order valence-electron chi connectivity index (χ1n) is 9.05. The number of pyridine rings is 1. The molecule has 0 saturated heterocycles. The largest absolute Gasteiger partial charge is 0.487 e. The lowest BCUT2D eigenvalue weighted by Gasteiger charge is -2.17. The van der Waals surface area contributed by atoms with Crippen molar-refractivity contribution >= 4 is 21.8 Å². The van der Waals surface area contributed by atoms with Crippen molar-refractivity contribution < 1.29 is 18.3 Å². The summed E-state index contributed by atoms with van der Waals surface area (Å²) in [6.07, 6.45) is 0. The van der Waals surface area contributed by atoms with Gasteiger partial charge in [0.1, 0.15) is 28.5 Å². The van der Waals surface area contributed by atoms with Gasteiger partial charge in [-0.25, -0.2) is 8.78 Å². The molecule has 30 heavy (non-hydrogen) atoms. The molecule has 8 heteroatoms. The Morgan fingerprint density at radius 3 is 2.53 bits per heavy atom. The molecule has 0 aliphatic heterocycles. The highest BCUT2D eigenvalue weighted by Gasteiger charge is 2.19. The van der Waals surface area contributed by atoms with Crippen LogP contribution in [0.2, 0.25) is 0 Å². The lowest BCUT2D eigenvalue weighted by molar-refractivity contribution is 0.0963. The number of amides is 1. The molecular weight excluding hydrogens is 458 g/mol. The Morgan fingerprint density at radius 2 is 1.87 bits per heavy atom. The Morgan fingerprint density at radius 1 is 1.13 bits per heavy atom. The summed E-state index contributed by atoms with van der Waals surface area (Å²) in [5.41, 5.74) is 1.92. The summed E-state index contributed by atoms with van der Waals surface area (Å²) < 4.78 is 34.1. The first-order chi connectivity index (χ1) is 14.2. The second kappa shape index (κ2) is 8.79. The lowest BCUT2D eigenvalue weighted by Crippen LogP contribution is -2.26. The highest BCUT2D eigenvalue weighted by molar-refractivity contribution is 9.10. The van der Waals surface area contributed by atoms with E-state index in [1.54, 1.807) is 31.2 Å². The number of ether oxygens (including phenoxy) is 1. The first-order valence-corrected chi connectivity index (χ1v) is 9.84. The van der Waals surface area contributed by atoms with Crippen molar-refractivity contribution in [3.05, 3.63) is 91.3 Å². The molecule has 5 nitrogen and oxygen atoms in total. The minimum atomic E-state index is -0.730. The third-order valence-corrected chi connectivity index (χ3v) is 5.29. The molecule has 2 aromatic carbocycles. The van der Waals surface area contributed by atoms with Gasteiger partial charge in [-0.05, 0) is 59.6 Å². The average molecular weight is 477 g/mol. The van der Waals surface area contributed by atoms with Gasteiger partial charge in [-0.1, -0.05) is 6.07 Å². The average Bonchev–Trinajstić information content (AvgIpc) is 2.70. The van der Waals surface area contributed by atoms with Gasteiger partial charge in [-0.3, -0.25) is 14.2 Å². The fraction of sp³-hybridized carbons (Fsp3) is 0.182. The van der Waals surface area contributed by atoms with Crippen LogP contribution in [0.1, 0.15) is 27.2 Å². The number of aromatic nitrogens is 1. The van der Waals surface area contributed by atoms with Crippen molar-refractivity contribution in [3.8, 4) is 11.4 Å². The predicted molar refractivity (Wildman–Crippen MR) is 113 cm³/mol. The van der Waals surface area contributed by atoms with Gasteiger partial charge in [0, 0.05) is 30.4 Å². The van der Waals surface area contributed by atoms with Gasteiger partial charge >= 0.3 is 0 Å². The Labute approximate surface area is 180 Å². The van der Waals surface area contributed by atoms with Crippen LogP contribution >= 0.6 is 15.9 Å². The van der Waals surface area contributed by atoms with E-state index in [1.807, 2.05) is 6.92 Å². The molecule has 0 saturated carbocycles. The SMILES string of the molecule is CNC(=O)c1ccc(C)cc1-n1c(C)cc(OCc2ccc(F)cc2F)c(Br)c1=O. The van der Waals surface area contributed by atoms with Gasteiger partial charge in [0.15, 0.2) is 0 Å². The highest BCUT2D eigenvalue weighted by Crippen LogP contribution is 2.27. The van der Waals surface area contributed by atoms with Crippen LogP contribution < -0.4 is 15.6 Å². The maximum atomic E-state index is 13.9. The molecule has 1 aromatic heterocycles. The van der Waals surface area contributed by atoms with E-state index in [0.717, 1.165) is 17.7 Å². The molecule has 0 spiro atoms. The number of nitrogens with zero attached hydrogens (tertiary/aromatic N) is 1. The number of carbonyl (C=O) groups is 1. The van der Waals surface area contributed by atoms with Gasteiger partial charge in [0.25, 0.3) is 11.5 Å². The first kappa shape index (κ1) is 21.7. The number of carbonyl (C=O) groups excluding carboxylic acids is 1. The molecule has 0 fully saturated rings. The molecule has 0 radical (unpaired) electrons. The fourth-order valence-corrected chi connectivity index (χ4v) is 3.44. The monoisotopic (exact) mass is 476 g/mol. The van der Waals surface area contributed by atoms with Crippen molar-refractivity contribution in [1.82, 2.24) is 9.88 Å². The molecule has 0 aliphatic rings. The summed E-state index contributed by atoms with van der Waals surface area (Å²) in [6, 6.07) is 10.0. The molecule has 1 heterocycles. The molecule has 0 aliphatic carbocycles. The van der Waals surface area contributed by atoms with Crippen LogP contribution in [0.3, 0.4) is 0 Å². The molecule has 0 atom stereocenters. The quantitative estimate of drug-likeness (QED) is 0.592. The maximum absolute atomic E-state index is 13.9. The third-order valence-electron chi connectivity index (χ3n) is 4.56. The van der Waals surface area contributed by atoms with Gasteiger partial charge in [-0.15, -0.1) is 0 Å². The van der Waals surface area contributed by atoms with Crippen LogP contribution in [0.4, 0.5) is 8.78 Å². The fourth-order valence-electron chi connectivity index (χ4n) is 3.03. The lowest BCUT2D eigenvalue weighted by atomic mass is 10.1. The van der Waals surface area contributed by atoms with Gasteiger partial charge in [-0.2, -0.15) is 0 Å². The van der Waals surface area contributed by atoms with Crippen molar-refractivity contribution in [2.45, 2.75) is 20.5 Å². The smallest absolute Gasteiger partial charge is 0.273 e. The number of benzene rings is 2. The molecule has 3 rings (SSSR count). The molecule has 156 valence electrons. The molecule has 1 amide bonds. The predicted octanol–water partition coefficient (Wildman–Crippen LogP) is 4.43. The van der Waals surface area contributed by atoms with Crippen LogP contribution in [-0.4, -0.2) is 17.5 Å². The molecule has 0 bridgehead atoms. The van der Waals surface area contributed by atoms with E-state index in [2.05, 4.69) is 21.2 Å². The van der Waals surface area contributed by atoms with Crippen LogP contribution in [-0.2, 0) is 6.61 Å². The minimum Gasteiger partial charge on any atom is -0.487 e. The van der Waals surface area contributed by atoms with Crippen molar-refractivity contribution in [2.75, 3.05) is 7.05 Å².